The fraction of sp³-hybridized carbons (Fsp3) is 0.143. The van der Waals surface area contributed by atoms with E-state index in [0.717, 1.165) is 22.2 Å². The predicted octanol–water partition coefficient (Wildman–Crippen LogP) is 2.02. The lowest BCUT2D eigenvalue weighted by Crippen LogP contribution is -2.16. The molecule has 0 bridgehead atoms. The van der Waals surface area contributed by atoms with E-state index in [-0.39, 0.29) is 6.04 Å². The SMILES string of the molecule is Cn1ccnc1C(N)c1cccc2ccncc12. The number of nitrogens with two attached hydrogens (primary N) is 1. The van der Waals surface area contributed by atoms with Gasteiger partial charge in [-0.3, -0.25) is 4.98 Å². The standard InChI is InChI=1S/C14H14N4/c1-18-8-7-17-14(18)13(15)11-4-2-3-10-5-6-16-9-12(10)11/h2-9,13H,15H2,1H3. The number of hydrogen-bond donors (Lipinski definition) is 1. The van der Waals surface area contributed by atoms with Crippen molar-refractivity contribution >= 4 is 10.8 Å². The molecule has 0 amide bonds. The smallest absolute Gasteiger partial charge is 0.129 e. The summed E-state index contributed by atoms with van der Waals surface area (Å²) in [6.45, 7) is 0. The van der Waals surface area contributed by atoms with Gasteiger partial charge in [0.2, 0.25) is 0 Å². The van der Waals surface area contributed by atoms with Gasteiger partial charge in [-0.05, 0) is 17.0 Å². The lowest BCUT2D eigenvalue weighted by atomic mass is 10.0. The first kappa shape index (κ1) is 10.9. The van der Waals surface area contributed by atoms with Crippen LogP contribution in [0.15, 0.2) is 49.1 Å². The zero-order valence-electron chi connectivity index (χ0n) is 10.1. The maximum atomic E-state index is 6.32. The molecule has 0 radical (unpaired) electrons. The summed E-state index contributed by atoms with van der Waals surface area (Å²) in [6, 6.07) is 7.86. The van der Waals surface area contributed by atoms with Crippen molar-refractivity contribution in [2.45, 2.75) is 6.04 Å². The molecular weight excluding hydrogens is 224 g/mol. The van der Waals surface area contributed by atoms with Crippen molar-refractivity contribution in [3.8, 4) is 0 Å². The summed E-state index contributed by atoms with van der Waals surface area (Å²) in [7, 11) is 1.95. The minimum absolute atomic E-state index is 0.238. The molecule has 2 aromatic heterocycles. The van der Waals surface area contributed by atoms with Crippen molar-refractivity contribution in [1.82, 2.24) is 14.5 Å². The van der Waals surface area contributed by atoms with Crippen LogP contribution >= 0.6 is 0 Å². The quantitative estimate of drug-likeness (QED) is 0.743. The second kappa shape index (κ2) is 4.23. The molecule has 2 heterocycles. The highest BCUT2D eigenvalue weighted by molar-refractivity contribution is 5.85. The molecule has 3 rings (SSSR count). The molecule has 2 N–H and O–H groups in total. The molecule has 0 aliphatic carbocycles. The molecule has 1 unspecified atom stereocenters. The summed E-state index contributed by atoms with van der Waals surface area (Å²) < 4.78 is 1.94. The largest absolute Gasteiger partial charge is 0.336 e. The van der Waals surface area contributed by atoms with E-state index in [1.54, 1.807) is 12.4 Å². The Labute approximate surface area is 105 Å². The van der Waals surface area contributed by atoms with Crippen molar-refractivity contribution in [2.75, 3.05) is 0 Å². The normalized spacial score (nSPS) is 12.8. The van der Waals surface area contributed by atoms with Gasteiger partial charge >= 0.3 is 0 Å². The third-order valence-corrected chi connectivity index (χ3v) is 3.19. The summed E-state index contributed by atoms with van der Waals surface area (Å²) in [5.74, 6) is 0.853. The number of fused-ring (bicyclic) bond motifs is 1. The molecule has 18 heavy (non-hydrogen) atoms. The van der Waals surface area contributed by atoms with Crippen LogP contribution in [0.2, 0.25) is 0 Å². The van der Waals surface area contributed by atoms with Crippen molar-refractivity contribution in [2.24, 2.45) is 12.8 Å². The Balaban J connectivity index is 2.18. The first-order valence-electron chi connectivity index (χ1n) is 5.83. The highest BCUT2D eigenvalue weighted by atomic mass is 15.1. The first-order chi connectivity index (χ1) is 8.77. The van der Waals surface area contributed by atoms with Gasteiger partial charge in [-0.2, -0.15) is 0 Å². The molecule has 0 aliphatic rings. The van der Waals surface area contributed by atoms with Crippen molar-refractivity contribution in [1.29, 1.82) is 0 Å². The molecule has 1 aromatic carbocycles. The number of nitrogens with zero attached hydrogens (tertiary/aromatic N) is 3. The second-order valence-electron chi connectivity index (χ2n) is 4.32. The molecule has 0 aliphatic heterocycles. The van der Waals surface area contributed by atoms with E-state index < -0.39 is 0 Å². The molecule has 4 heteroatoms. The number of benzene rings is 1. The van der Waals surface area contributed by atoms with Crippen molar-refractivity contribution < 1.29 is 0 Å². The van der Waals surface area contributed by atoms with Crippen LogP contribution in [0.4, 0.5) is 0 Å². The molecule has 0 saturated carbocycles. The van der Waals surface area contributed by atoms with E-state index in [1.165, 1.54) is 0 Å². The van der Waals surface area contributed by atoms with E-state index in [1.807, 2.05) is 42.2 Å². The number of aromatic nitrogens is 3. The van der Waals surface area contributed by atoms with Gasteiger partial charge in [0, 0.05) is 37.2 Å². The molecular formula is C14H14N4. The lowest BCUT2D eigenvalue weighted by molar-refractivity contribution is 0.720. The van der Waals surface area contributed by atoms with Crippen molar-refractivity contribution in [3.63, 3.8) is 0 Å². The summed E-state index contributed by atoms with van der Waals surface area (Å²) in [5, 5.41) is 2.22. The van der Waals surface area contributed by atoms with Gasteiger partial charge in [0.15, 0.2) is 0 Å². The van der Waals surface area contributed by atoms with Gasteiger partial charge < -0.3 is 10.3 Å². The Morgan fingerprint density at radius 3 is 2.89 bits per heavy atom. The Hall–Kier alpha value is -2.20. The Bertz CT molecular complexity index is 682. The summed E-state index contributed by atoms with van der Waals surface area (Å²) in [5.41, 5.74) is 7.37. The van der Waals surface area contributed by atoms with Gasteiger partial charge in [0.1, 0.15) is 5.82 Å². The van der Waals surface area contributed by atoms with Gasteiger partial charge in [-0.25, -0.2) is 4.98 Å². The second-order valence-corrected chi connectivity index (χ2v) is 4.32. The Morgan fingerprint density at radius 1 is 1.22 bits per heavy atom. The highest BCUT2D eigenvalue weighted by Gasteiger charge is 2.15. The van der Waals surface area contributed by atoms with Crippen LogP contribution in [0.1, 0.15) is 17.4 Å². The number of imidazole rings is 1. The maximum Gasteiger partial charge on any atom is 0.129 e. The first-order valence-corrected chi connectivity index (χ1v) is 5.83. The predicted molar refractivity (Wildman–Crippen MR) is 71.0 cm³/mol. The number of aryl methyl sites for hydroxylation is 1. The fourth-order valence-corrected chi connectivity index (χ4v) is 2.22. The minimum Gasteiger partial charge on any atom is -0.336 e. The van der Waals surface area contributed by atoms with Crippen LogP contribution in [0.5, 0.6) is 0 Å². The van der Waals surface area contributed by atoms with Gasteiger partial charge in [-0.1, -0.05) is 18.2 Å². The van der Waals surface area contributed by atoms with Crippen LogP contribution < -0.4 is 5.73 Å². The molecule has 4 nitrogen and oxygen atoms in total. The average Bonchev–Trinajstić information content (AvgIpc) is 2.83. The van der Waals surface area contributed by atoms with Gasteiger partial charge in [0.05, 0.1) is 6.04 Å². The number of rotatable bonds is 2. The summed E-state index contributed by atoms with van der Waals surface area (Å²) >= 11 is 0. The van der Waals surface area contributed by atoms with E-state index in [9.17, 15) is 0 Å². The zero-order valence-corrected chi connectivity index (χ0v) is 10.1. The minimum atomic E-state index is -0.238. The Kier molecular flexibility index (Phi) is 2.57. The number of hydrogen-bond acceptors (Lipinski definition) is 3. The van der Waals surface area contributed by atoms with E-state index in [0.29, 0.717) is 0 Å². The van der Waals surface area contributed by atoms with Crippen molar-refractivity contribution in [3.05, 3.63) is 60.4 Å². The van der Waals surface area contributed by atoms with Gasteiger partial charge in [0.25, 0.3) is 0 Å². The summed E-state index contributed by atoms with van der Waals surface area (Å²) in [6.07, 6.45) is 7.31. The molecule has 0 saturated heterocycles. The van der Waals surface area contributed by atoms with Crippen LogP contribution in [0.3, 0.4) is 0 Å². The molecule has 0 fully saturated rings. The van der Waals surface area contributed by atoms with Crippen LogP contribution in [-0.2, 0) is 7.05 Å². The van der Waals surface area contributed by atoms with Crippen LogP contribution in [-0.4, -0.2) is 14.5 Å². The topological polar surface area (TPSA) is 56.7 Å². The van der Waals surface area contributed by atoms with E-state index >= 15 is 0 Å². The monoisotopic (exact) mass is 238 g/mol. The van der Waals surface area contributed by atoms with E-state index in [4.69, 9.17) is 5.73 Å². The third-order valence-electron chi connectivity index (χ3n) is 3.19. The Morgan fingerprint density at radius 2 is 2.11 bits per heavy atom. The van der Waals surface area contributed by atoms with Crippen LogP contribution in [0.25, 0.3) is 10.8 Å². The molecule has 0 spiro atoms. The average molecular weight is 238 g/mol. The highest BCUT2D eigenvalue weighted by Crippen LogP contribution is 2.25. The number of pyridine rings is 1. The molecule has 1 atom stereocenters. The third kappa shape index (κ3) is 1.67. The maximum absolute atomic E-state index is 6.32. The lowest BCUT2D eigenvalue weighted by Gasteiger charge is -2.14. The zero-order chi connectivity index (χ0) is 12.5. The molecule has 90 valence electrons. The van der Waals surface area contributed by atoms with Crippen LogP contribution in [0, 0.1) is 0 Å². The molecule has 3 aromatic rings. The fourth-order valence-electron chi connectivity index (χ4n) is 2.22. The van der Waals surface area contributed by atoms with E-state index in [2.05, 4.69) is 16.0 Å². The summed E-state index contributed by atoms with van der Waals surface area (Å²) in [4.78, 5) is 8.49. The van der Waals surface area contributed by atoms with Gasteiger partial charge in [-0.15, -0.1) is 0 Å².